The number of aromatic nitrogens is 2. The van der Waals surface area contributed by atoms with Gasteiger partial charge in [0.2, 0.25) is 0 Å². The zero-order valence-corrected chi connectivity index (χ0v) is 5.78. The standard InChI is InChI=1S/C8H6N3/c9-8-5-10-6-3-1-2-4-7(6)11-8/h1-3,5H,(H2,9,11). The second-order valence-corrected chi connectivity index (χ2v) is 2.20. The third-order valence-corrected chi connectivity index (χ3v) is 1.39. The monoisotopic (exact) mass is 144 g/mol. The number of anilines is 1. The molecule has 0 atom stereocenters. The minimum absolute atomic E-state index is 0.431. The Bertz CT molecular complexity index is 384. The highest BCUT2D eigenvalue weighted by atomic mass is 14.9. The summed E-state index contributed by atoms with van der Waals surface area (Å²) < 4.78 is 0. The minimum Gasteiger partial charge on any atom is -0.382 e. The van der Waals surface area contributed by atoms with E-state index in [2.05, 4.69) is 16.0 Å². The summed E-state index contributed by atoms with van der Waals surface area (Å²) >= 11 is 0. The molecule has 2 aromatic rings. The molecule has 53 valence electrons. The van der Waals surface area contributed by atoms with Crippen LogP contribution in [-0.4, -0.2) is 9.97 Å². The molecule has 1 aromatic carbocycles. The van der Waals surface area contributed by atoms with Crippen LogP contribution in [-0.2, 0) is 0 Å². The van der Waals surface area contributed by atoms with E-state index in [9.17, 15) is 0 Å². The van der Waals surface area contributed by atoms with E-state index in [0.717, 1.165) is 5.52 Å². The van der Waals surface area contributed by atoms with Crippen molar-refractivity contribution in [2.45, 2.75) is 0 Å². The summed E-state index contributed by atoms with van der Waals surface area (Å²) in [6.07, 6.45) is 1.54. The van der Waals surface area contributed by atoms with Crippen LogP contribution in [0.25, 0.3) is 11.0 Å². The maximum atomic E-state index is 5.43. The van der Waals surface area contributed by atoms with Gasteiger partial charge in [-0.1, -0.05) is 12.1 Å². The third kappa shape index (κ3) is 1.00. The topological polar surface area (TPSA) is 51.8 Å². The van der Waals surface area contributed by atoms with Gasteiger partial charge < -0.3 is 5.73 Å². The number of nitrogens with two attached hydrogens (primary N) is 1. The summed E-state index contributed by atoms with van der Waals surface area (Å²) in [5, 5.41) is 0. The largest absolute Gasteiger partial charge is 0.382 e. The molecule has 0 bridgehead atoms. The number of benzene rings is 1. The highest BCUT2D eigenvalue weighted by molar-refractivity contribution is 5.74. The van der Waals surface area contributed by atoms with Crippen molar-refractivity contribution in [2.75, 3.05) is 5.73 Å². The van der Waals surface area contributed by atoms with E-state index < -0.39 is 0 Å². The summed E-state index contributed by atoms with van der Waals surface area (Å²) in [6.45, 7) is 0. The molecule has 0 unspecified atom stereocenters. The second-order valence-electron chi connectivity index (χ2n) is 2.20. The average Bonchev–Trinajstić information content (AvgIpc) is 2.04. The van der Waals surface area contributed by atoms with Gasteiger partial charge in [0.15, 0.2) is 0 Å². The number of hydrogen-bond donors (Lipinski definition) is 1. The molecule has 0 spiro atoms. The third-order valence-electron chi connectivity index (χ3n) is 1.39. The van der Waals surface area contributed by atoms with Gasteiger partial charge in [-0.15, -0.1) is 0 Å². The van der Waals surface area contributed by atoms with Crippen molar-refractivity contribution in [3.8, 4) is 0 Å². The minimum atomic E-state index is 0.431. The van der Waals surface area contributed by atoms with Gasteiger partial charge in [-0.3, -0.25) is 4.98 Å². The zero-order valence-electron chi connectivity index (χ0n) is 5.78. The van der Waals surface area contributed by atoms with Crippen LogP contribution >= 0.6 is 0 Å². The zero-order chi connectivity index (χ0) is 7.68. The van der Waals surface area contributed by atoms with Gasteiger partial charge in [0.1, 0.15) is 5.82 Å². The highest BCUT2D eigenvalue weighted by Crippen LogP contribution is 2.07. The number of fused-ring (bicyclic) bond motifs is 1. The number of hydrogen-bond acceptors (Lipinski definition) is 3. The summed E-state index contributed by atoms with van der Waals surface area (Å²) in [4.78, 5) is 8.10. The van der Waals surface area contributed by atoms with Gasteiger partial charge in [-0.05, 0) is 6.07 Å². The lowest BCUT2D eigenvalue weighted by Crippen LogP contribution is -1.91. The summed E-state index contributed by atoms with van der Waals surface area (Å²) in [5.74, 6) is 0.431. The normalized spacial score (nSPS) is 10.2. The van der Waals surface area contributed by atoms with Crippen LogP contribution < -0.4 is 5.73 Å². The molecular formula is C8H6N3. The van der Waals surface area contributed by atoms with Crippen molar-refractivity contribution in [1.82, 2.24) is 9.97 Å². The van der Waals surface area contributed by atoms with E-state index in [1.807, 2.05) is 12.1 Å². The van der Waals surface area contributed by atoms with E-state index in [1.54, 1.807) is 6.07 Å². The fourth-order valence-electron chi connectivity index (χ4n) is 0.907. The van der Waals surface area contributed by atoms with Crippen LogP contribution in [0.2, 0.25) is 0 Å². The molecule has 0 fully saturated rings. The molecule has 0 saturated carbocycles. The molecule has 1 radical (unpaired) electrons. The van der Waals surface area contributed by atoms with Crippen LogP contribution in [0.15, 0.2) is 24.4 Å². The number of nitrogen functional groups attached to an aromatic ring is 1. The molecule has 3 nitrogen and oxygen atoms in total. The Labute approximate surface area is 63.9 Å². The van der Waals surface area contributed by atoms with Gasteiger partial charge in [-0.2, -0.15) is 0 Å². The van der Waals surface area contributed by atoms with E-state index >= 15 is 0 Å². The summed E-state index contributed by atoms with van der Waals surface area (Å²) in [5.41, 5.74) is 6.97. The maximum absolute atomic E-state index is 5.43. The van der Waals surface area contributed by atoms with Gasteiger partial charge in [0.05, 0.1) is 17.2 Å². The van der Waals surface area contributed by atoms with Crippen molar-refractivity contribution in [3.05, 3.63) is 30.5 Å². The lowest BCUT2D eigenvalue weighted by molar-refractivity contribution is 1.30. The van der Waals surface area contributed by atoms with Crippen LogP contribution in [0.1, 0.15) is 0 Å². The van der Waals surface area contributed by atoms with Crippen LogP contribution in [0.4, 0.5) is 5.82 Å². The van der Waals surface area contributed by atoms with Gasteiger partial charge >= 0.3 is 0 Å². The molecule has 2 rings (SSSR count). The van der Waals surface area contributed by atoms with Crippen molar-refractivity contribution in [3.63, 3.8) is 0 Å². The molecule has 1 aromatic heterocycles. The molecule has 2 N–H and O–H groups in total. The first-order valence-electron chi connectivity index (χ1n) is 3.25. The Balaban J connectivity index is 2.83. The SMILES string of the molecule is Nc1cnc2ccc[c]c2n1. The van der Waals surface area contributed by atoms with Crippen molar-refractivity contribution >= 4 is 16.9 Å². The molecule has 0 aliphatic heterocycles. The summed E-state index contributed by atoms with van der Waals surface area (Å²) in [6, 6.07) is 8.47. The first-order chi connectivity index (χ1) is 5.36. The van der Waals surface area contributed by atoms with Gasteiger partial charge in [-0.25, -0.2) is 4.98 Å². The molecule has 0 aliphatic rings. The second kappa shape index (κ2) is 2.20. The van der Waals surface area contributed by atoms with E-state index in [-0.39, 0.29) is 0 Å². The molecule has 0 amide bonds. The first-order valence-corrected chi connectivity index (χ1v) is 3.25. The van der Waals surface area contributed by atoms with Crippen molar-refractivity contribution < 1.29 is 0 Å². The molecule has 11 heavy (non-hydrogen) atoms. The van der Waals surface area contributed by atoms with E-state index in [1.165, 1.54) is 6.20 Å². The quantitative estimate of drug-likeness (QED) is 0.600. The fraction of sp³-hybridized carbons (Fsp3) is 0. The number of nitrogens with zero attached hydrogens (tertiary/aromatic N) is 2. The Morgan fingerprint density at radius 2 is 2.36 bits per heavy atom. The molecular weight excluding hydrogens is 138 g/mol. The first kappa shape index (κ1) is 6.09. The maximum Gasteiger partial charge on any atom is 0.142 e. The molecule has 0 saturated heterocycles. The van der Waals surface area contributed by atoms with Crippen LogP contribution in [0.5, 0.6) is 0 Å². The molecule has 0 aliphatic carbocycles. The predicted octanol–water partition coefficient (Wildman–Crippen LogP) is 1.01. The van der Waals surface area contributed by atoms with Crippen LogP contribution in [0.3, 0.4) is 0 Å². The Morgan fingerprint density at radius 1 is 1.45 bits per heavy atom. The highest BCUT2D eigenvalue weighted by Gasteiger charge is 1.93. The molecule has 3 heteroatoms. The Kier molecular flexibility index (Phi) is 1.22. The van der Waals surface area contributed by atoms with Gasteiger partial charge in [0, 0.05) is 6.07 Å². The van der Waals surface area contributed by atoms with Crippen molar-refractivity contribution in [2.24, 2.45) is 0 Å². The average molecular weight is 144 g/mol. The Morgan fingerprint density at radius 3 is 3.27 bits per heavy atom. The smallest absolute Gasteiger partial charge is 0.142 e. The summed E-state index contributed by atoms with van der Waals surface area (Å²) in [7, 11) is 0. The predicted molar refractivity (Wildman–Crippen MR) is 42.8 cm³/mol. The van der Waals surface area contributed by atoms with Crippen molar-refractivity contribution in [1.29, 1.82) is 0 Å². The number of rotatable bonds is 0. The number of para-hydroxylation sites is 1. The lowest BCUT2D eigenvalue weighted by atomic mass is 10.3. The van der Waals surface area contributed by atoms with Crippen LogP contribution in [0, 0.1) is 6.07 Å². The fourth-order valence-corrected chi connectivity index (χ4v) is 0.907. The van der Waals surface area contributed by atoms with E-state index in [4.69, 9.17) is 5.73 Å². The van der Waals surface area contributed by atoms with E-state index in [0.29, 0.717) is 11.3 Å². The molecule has 1 heterocycles. The Hall–Kier alpha value is -1.64. The lowest BCUT2D eigenvalue weighted by Gasteiger charge is -1.94. The van der Waals surface area contributed by atoms with Gasteiger partial charge in [0.25, 0.3) is 0 Å².